The highest BCUT2D eigenvalue weighted by Gasteiger charge is 2.24. The highest BCUT2D eigenvalue weighted by molar-refractivity contribution is 7.80. The molecule has 0 aromatic heterocycles. The molecule has 0 radical (unpaired) electrons. The Kier molecular flexibility index (Phi) is 4.82. The smallest absolute Gasteiger partial charge is 0.0901 e. The van der Waals surface area contributed by atoms with Crippen LogP contribution < -0.4 is 5.73 Å². The van der Waals surface area contributed by atoms with Gasteiger partial charge in [-0.15, -0.1) is 0 Å². The van der Waals surface area contributed by atoms with Gasteiger partial charge in [-0.1, -0.05) is 32.5 Å². The minimum Gasteiger partial charge on any atom is -0.392 e. The van der Waals surface area contributed by atoms with E-state index in [2.05, 4.69) is 18.7 Å². The molecule has 1 aliphatic rings. The number of nitrogens with two attached hydrogens (primary N) is 1. The molecule has 82 valence electrons. The second-order valence-electron chi connectivity index (χ2n) is 4.21. The van der Waals surface area contributed by atoms with Crippen LogP contribution in [0.2, 0.25) is 0 Å². The fraction of sp³-hybridized carbons (Fsp3) is 0.909. The minimum atomic E-state index is 0.336. The van der Waals surface area contributed by atoms with Crippen molar-refractivity contribution in [2.24, 2.45) is 11.7 Å². The summed E-state index contributed by atoms with van der Waals surface area (Å²) >= 11 is 5.09. The summed E-state index contributed by atoms with van der Waals surface area (Å²) in [6.45, 7) is 6.80. The molecule has 0 aliphatic carbocycles. The van der Waals surface area contributed by atoms with Crippen molar-refractivity contribution in [2.75, 3.05) is 13.1 Å². The Labute approximate surface area is 92.8 Å². The molecular weight excluding hydrogens is 192 g/mol. The van der Waals surface area contributed by atoms with Gasteiger partial charge in [-0.05, 0) is 38.3 Å². The highest BCUT2D eigenvalue weighted by Crippen LogP contribution is 2.22. The van der Waals surface area contributed by atoms with Crippen LogP contribution in [-0.4, -0.2) is 29.0 Å². The molecule has 0 amide bonds. The van der Waals surface area contributed by atoms with Crippen LogP contribution in [-0.2, 0) is 0 Å². The summed E-state index contributed by atoms with van der Waals surface area (Å²) in [5.41, 5.74) is 5.73. The number of likely N-dealkylation sites (tertiary alicyclic amines) is 1. The Morgan fingerprint density at radius 1 is 1.43 bits per heavy atom. The molecule has 1 saturated heterocycles. The number of rotatable bonds is 4. The van der Waals surface area contributed by atoms with E-state index in [1.165, 1.54) is 32.4 Å². The molecule has 1 atom stereocenters. The third kappa shape index (κ3) is 2.92. The molecule has 1 fully saturated rings. The van der Waals surface area contributed by atoms with Crippen LogP contribution in [0.4, 0.5) is 0 Å². The Hall–Kier alpha value is -0.150. The number of piperidine rings is 1. The van der Waals surface area contributed by atoms with Crippen molar-refractivity contribution in [3.8, 4) is 0 Å². The molecule has 3 heteroatoms. The molecule has 0 spiro atoms. The lowest BCUT2D eigenvalue weighted by Gasteiger charge is -2.36. The van der Waals surface area contributed by atoms with E-state index >= 15 is 0 Å². The van der Waals surface area contributed by atoms with E-state index in [0.29, 0.717) is 11.0 Å². The molecule has 0 saturated carbocycles. The van der Waals surface area contributed by atoms with Crippen molar-refractivity contribution < 1.29 is 0 Å². The molecule has 14 heavy (non-hydrogen) atoms. The van der Waals surface area contributed by atoms with Gasteiger partial charge in [0.1, 0.15) is 0 Å². The van der Waals surface area contributed by atoms with Crippen molar-refractivity contribution >= 4 is 17.2 Å². The fourth-order valence-electron chi connectivity index (χ4n) is 2.31. The number of hydrogen-bond acceptors (Lipinski definition) is 2. The van der Waals surface area contributed by atoms with Gasteiger partial charge in [-0.25, -0.2) is 0 Å². The van der Waals surface area contributed by atoms with Gasteiger partial charge in [0.05, 0.1) is 11.0 Å². The minimum absolute atomic E-state index is 0.336. The van der Waals surface area contributed by atoms with Crippen LogP contribution in [0.1, 0.15) is 39.5 Å². The molecule has 2 N–H and O–H groups in total. The van der Waals surface area contributed by atoms with Crippen LogP contribution in [0.5, 0.6) is 0 Å². The van der Waals surface area contributed by atoms with E-state index in [-0.39, 0.29) is 0 Å². The van der Waals surface area contributed by atoms with E-state index in [4.69, 9.17) is 18.0 Å². The first kappa shape index (κ1) is 11.9. The Morgan fingerprint density at radius 3 is 2.36 bits per heavy atom. The summed E-state index contributed by atoms with van der Waals surface area (Å²) in [7, 11) is 0. The molecule has 0 aromatic rings. The van der Waals surface area contributed by atoms with Crippen molar-refractivity contribution in [2.45, 2.75) is 45.6 Å². The molecule has 1 heterocycles. The zero-order valence-corrected chi connectivity index (χ0v) is 10.1. The first-order valence-corrected chi connectivity index (χ1v) is 6.13. The lowest BCUT2D eigenvalue weighted by atomic mass is 9.93. The summed E-state index contributed by atoms with van der Waals surface area (Å²) in [5, 5.41) is 0. The zero-order chi connectivity index (χ0) is 10.6. The van der Waals surface area contributed by atoms with Gasteiger partial charge in [0.15, 0.2) is 0 Å². The van der Waals surface area contributed by atoms with Crippen LogP contribution in [0.25, 0.3) is 0 Å². The Bertz CT molecular complexity index is 186. The van der Waals surface area contributed by atoms with Crippen LogP contribution >= 0.6 is 12.2 Å². The Balaban J connectivity index is 2.43. The van der Waals surface area contributed by atoms with Crippen molar-refractivity contribution in [3.63, 3.8) is 0 Å². The summed E-state index contributed by atoms with van der Waals surface area (Å²) < 4.78 is 0. The second-order valence-corrected chi connectivity index (χ2v) is 4.69. The average Bonchev–Trinajstić information content (AvgIpc) is 2.19. The maximum atomic E-state index is 5.73. The molecule has 1 aliphatic heterocycles. The van der Waals surface area contributed by atoms with E-state index in [1.807, 2.05) is 0 Å². The molecule has 1 rings (SSSR count). The van der Waals surface area contributed by atoms with E-state index in [9.17, 15) is 0 Å². The lowest BCUT2D eigenvalue weighted by Crippen LogP contribution is -2.47. The third-order valence-corrected chi connectivity index (χ3v) is 3.65. The Morgan fingerprint density at radius 2 is 2.00 bits per heavy atom. The molecule has 1 unspecified atom stereocenters. The van der Waals surface area contributed by atoms with Crippen LogP contribution in [0.3, 0.4) is 0 Å². The van der Waals surface area contributed by atoms with E-state index < -0.39 is 0 Å². The summed E-state index contributed by atoms with van der Waals surface area (Å²) in [5.74, 6) is 0.926. The third-order valence-electron chi connectivity index (χ3n) is 3.38. The van der Waals surface area contributed by atoms with Gasteiger partial charge in [-0.2, -0.15) is 0 Å². The van der Waals surface area contributed by atoms with Gasteiger partial charge >= 0.3 is 0 Å². The van der Waals surface area contributed by atoms with Crippen molar-refractivity contribution in [3.05, 3.63) is 0 Å². The summed E-state index contributed by atoms with van der Waals surface area (Å²) in [6.07, 6.45) is 5.00. The van der Waals surface area contributed by atoms with E-state index in [1.54, 1.807) is 0 Å². The summed E-state index contributed by atoms with van der Waals surface area (Å²) in [6, 6.07) is 0.336. The quantitative estimate of drug-likeness (QED) is 0.727. The van der Waals surface area contributed by atoms with Gasteiger partial charge < -0.3 is 5.73 Å². The predicted molar refractivity (Wildman–Crippen MR) is 65.5 cm³/mol. The standard InChI is InChI=1S/C11H22N2S/c1-3-9-5-7-13(8-6-9)10(4-2)11(12)14/h9-10H,3-8H2,1-2H3,(H2,12,14). The molecular formula is C11H22N2S. The predicted octanol–water partition coefficient (Wildman–Crippen LogP) is 2.17. The topological polar surface area (TPSA) is 29.3 Å². The van der Waals surface area contributed by atoms with Gasteiger partial charge in [-0.3, -0.25) is 4.90 Å². The largest absolute Gasteiger partial charge is 0.392 e. The van der Waals surface area contributed by atoms with Gasteiger partial charge in [0.25, 0.3) is 0 Å². The van der Waals surface area contributed by atoms with Crippen LogP contribution in [0.15, 0.2) is 0 Å². The van der Waals surface area contributed by atoms with Crippen LogP contribution in [0, 0.1) is 5.92 Å². The number of thiocarbonyl (C=S) groups is 1. The maximum absolute atomic E-state index is 5.73. The van der Waals surface area contributed by atoms with Crippen molar-refractivity contribution in [1.29, 1.82) is 0 Å². The normalized spacial score (nSPS) is 22.1. The lowest BCUT2D eigenvalue weighted by molar-refractivity contribution is 0.159. The first-order chi connectivity index (χ1) is 6.69. The number of nitrogens with zero attached hydrogens (tertiary/aromatic N) is 1. The van der Waals surface area contributed by atoms with Gasteiger partial charge in [0.2, 0.25) is 0 Å². The highest BCUT2D eigenvalue weighted by atomic mass is 32.1. The molecule has 0 bridgehead atoms. The number of hydrogen-bond donors (Lipinski definition) is 1. The SMILES string of the molecule is CCC1CCN(C(CC)C(N)=S)CC1. The first-order valence-electron chi connectivity index (χ1n) is 5.72. The monoisotopic (exact) mass is 214 g/mol. The van der Waals surface area contributed by atoms with Crippen molar-refractivity contribution in [1.82, 2.24) is 4.90 Å². The second kappa shape index (κ2) is 5.66. The maximum Gasteiger partial charge on any atom is 0.0901 e. The molecule has 2 nitrogen and oxygen atoms in total. The zero-order valence-electron chi connectivity index (χ0n) is 9.33. The van der Waals surface area contributed by atoms with Gasteiger partial charge in [0, 0.05) is 0 Å². The average molecular weight is 214 g/mol. The summed E-state index contributed by atoms with van der Waals surface area (Å²) in [4.78, 5) is 3.12. The molecule has 0 aromatic carbocycles. The fourth-order valence-corrected chi connectivity index (χ4v) is 2.63. The van der Waals surface area contributed by atoms with E-state index in [0.717, 1.165) is 12.3 Å².